The van der Waals surface area contributed by atoms with Gasteiger partial charge < -0.3 is 9.73 Å². The molecule has 1 aromatic heterocycles. The SMILES string of the molecule is Fc1ccc(C(Nc2ccccc2Br)c2nnc(-c3ccccc3)o2)cc1. The van der Waals surface area contributed by atoms with Crippen LogP contribution in [-0.2, 0) is 0 Å². The molecule has 0 spiro atoms. The molecule has 0 fully saturated rings. The number of anilines is 1. The van der Waals surface area contributed by atoms with Crippen molar-refractivity contribution in [1.82, 2.24) is 10.2 Å². The van der Waals surface area contributed by atoms with E-state index in [0.29, 0.717) is 11.8 Å². The zero-order valence-electron chi connectivity index (χ0n) is 14.1. The van der Waals surface area contributed by atoms with Crippen molar-refractivity contribution in [1.29, 1.82) is 0 Å². The van der Waals surface area contributed by atoms with Crippen LogP contribution in [0.15, 0.2) is 87.8 Å². The largest absolute Gasteiger partial charge is 0.418 e. The summed E-state index contributed by atoms with van der Waals surface area (Å²) < 4.78 is 20.2. The van der Waals surface area contributed by atoms with Crippen molar-refractivity contribution in [3.05, 3.63) is 101 Å². The van der Waals surface area contributed by atoms with Crippen molar-refractivity contribution in [2.24, 2.45) is 0 Å². The monoisotopic (exact) mass is 423 g/mol. The quantitative estimate of drug-likeness (QED) is 0.437. The molecule has 4 aromatic rings. The van der Waals surface area contributed by atoms with Crippen LogP contribution in [0.25, 0.3) is 11.5 Å². The molecule has 3 aromatic carbocycles. The average molecular weight is 424 g/mol. The molecule has 0 amide bonds. The standard InChI is InChI=1S/C21H15BrFN3O/c22-17-8-4-5-9-18(17)24-19(14-10-12-16(23)13-11-14)21-26-25-20(27-21)15-6-2-1-3-7-15/h1-13,19,24H. The minimum atomic E-state index is -0.422. The first-order chi connectivity index (χ1) is 13.2. The summed E-state index contributed by atoms with van der Waals surface area (Å²) in [6, 6.07) is 23.1. The smallest absolute Gasteiger partial charge is 0.247 e. The van der Waals surface area contributed by atoms with Crippen LogP contribution < -0.4 is 5.32 Å². The third-order valence-corrected chi connectivity index (χ3v) is 4.78. The molecule has 0 radical (unpaired) electrons. The molecule has 0 aliphatic rings. The van der Waals surface area contributed by atoms with E-state index in [1.165, 1.54) is 12.1 Å². The van der Waals surface area contributed by atoms with Gasteiger partial charge in [-0.25, -0.2) is 4.39 Å². The lowest BCUT2D eigenvalue weighted by atomic mass is 10.1. The molecule has 134 valence electrons. The van der Waals surface area contributed by atoms with Crippen molar-refractivity contribution < 1.29 is 8.81 Å². The second kappa shape index (κ2) is 7.72. The lowest BCUT2D eigenvalue weighted by Gasteiger charge is -2.18. The number of benzene rings is 3. The van der Waals surface area contributed by atoms with Gasteiger partial charge in [0.25, 0.3) is 0 Å². The molecule has 0 aliphatic carbocycles. The second-order valence-electron chi connectivity index (χ2n) is 5.92. The Morgan fingerprint density at radius 3 is 2.30 bits per heavy atom. The van der Waals surface area contributed by atoms with Crippen LogP contribution >= 0.6 is 15.9 Å². The summed E-state index contributed by atoms with van der Waals surface area (Å²) in [6.07, 6.45) is 0. The summed E-state index contributed by atoms with van der Waals surface area (Å²) >= 11 is 3.53. The summed E-state index contributed by atoms with van der Waals surface area (Å²) in [5, 5.41) is 11.8. The van der Waals surface area contributed by atoms with Gasteiger partial charge in [0.15, 0.2) is 0 Å². The molecular formula is C21H15BrFN3O. The van der Waals surface area contributed by atoms with Crippen molar-refractivity contribution in [2.45, 2.75) is 6.04 Å². The normalized spacial score (nSPS) is 11.9. The molecule has 27 heavy (non-hydrogen) atoms. The van der Waals surface area contributed by atoms with Gasteiger partial charge in [-0.05, 0) is 57.9 Å². The van der Waals surface area contributed by atoms with Gasteiger partial charge in [-0.2, -0.15) is 0 Å². The summed E-state index contributed by atoms with van der Waals surface area (Å²) in [5.41, 5.74) is 2.52. The van der Waals surface area contributed by atoms with E-state index in [1.807, 2.05) is 54.6 Å². The number of nitrogens with one attached hydrogen (secondary N) is 1. The van der Waals surface area contributed by atoms with E-state index in [2.05, 4.69) is 31.4 Å². The first kappa shape index (κ1) is 17.4. The van der Waals surface area contributed by atoms with Crippen molar-refractivity contribution >= 4 is 21.6 Å². The van der Waals surface area contributed by atoms with Gasteiger partial charge in [0, 0.05) is 15.7 Å². The Morgan fingerprint density at radius 1 is 0.852 bits per heavy atom. The highest BCUT2D eigenvalue weighted by Crippen LogP contribution is 2.31. The van der Waals surface area contributed by atoms with Gasteiger partial charge in [-0.1, -0.05) is 42.5 Å². The van der Waals surface area contributed by atoms with Crippen molar-refractivity contribution in [3.63, 3.8) is 0 Å². The lowest BCUT2D eigenvalue weighted by molar-refractivity contribution is 0.493. The molecule has 4 nitrogen and oxygen atoms in total. The first-order valence-electron chi connectivity index (χ1n) is 8.36. The van der Waals surface area contributed by atoms with Crippen molar-refractivity contribution in [3.8, 4) is 11.5 Å². The molecule has 0 bridgehead atoms. The Balaban J connectivity index is 1.73. The highest BCUT2D eigenvalue weighted by atomic mass is 79.9. The Bertz CT molecular complexity index is 1030. The predicted octanol–water partition coefficient (Wildman–Crippen LogP) is 5.84. The maximum Gasteiger partial charge on any atom is 0.247 e. The average Bonchev–Trinajstić information content (AvgIpc) is 3.19. The molecule has 0 aliphatic heterocycles. The number of hydrogen-bond donors (Lipinski definition) is 1. The van der Waals surface area contributed by atoms with Crippen molar-refractivity contribution in [2.75, 3.05) is 5.32 Å². The highest BCUT2D eigenvalue weighted by Gasteiger charge is 2.22. The summed E-state index contributed by atoms with van der Waals surface area (Å²) in [5.74, 6) is 0.539. The number of para-hydroxylation sites is 1. The van der Waals surface area contributed by atoms with Gasteiger partial charge in [-0.15, -0.1) is 10.2 Å². The summed E-state index contributed by atoms with van der Waals surface area (Å²) in [4.78, 5) is 0. The van der Waals surface area contributed by atoms with Crippen LogP contribution in [0.3, 0.4) is 0 Å². The summed E-state index contributed by atoms with van der Waals surface area (Å²) in [6.45, 7) is 0. The molecule has 1 unspecified atom stereocenters. The summed E-state index contributed by atoms with van der Waals surface area (Å²) in [7, 11) is 0. The van der Waals surface area contributed by atoms with E-state index in [1.54, 1.807) is 12.1 Å². The molecule has 1 N–H and O–H groups in total. The van der Waals surface area contributed by atoms with E-state index < -0.39 is 6.04 Å². The Labute approximate surface area is 164 Å². The second-order valence-corrected chi connectivity index (χ2v) is 6.77. The van der Waals surface area contributed by atoms with Crippen LogP contribution in [0, 0.1) is 5.82 Å². The lowest BCUT2D eigenvalue weighted by Crippen LogP contribution is -2.13. The number of nitrogens with zero attached hydrogens (tertiary/aromatic N) is 2. The molecule has 0 saturated heterocycles. The van der Waals surface area contributed by atoms with Gasteiger partial charge >= 0.3 is 0 Å². The highest BCUT2D eigenvalue weighted by molar-refractivity contribution is 9.10. The number of rotatable bonds is 5. The predicted molar refractivity (Wildman–Crippen MR) is 106 cm³/mol. The van der Waals surface area contributed by atoms with E-state index in [-0.39, 0.29) is 5.82 Å². The third-order valence-electron chi connectivity index (χ3n) is 4.09. The van der Waals surface area contributed by atoms with Crippen LogP contribution in [0.1, 0.15) is 17.5 Å². The Hall–Kier alpha value is -2.99. The Morgan fingerprint density at radius 2 is 1.56 bits per heavy atom. The number of aromatic nitrogens is 2. The van der Waals surface area contributed by atoms with Crippen LogP contribution in [0.4, 0.5) is 10.1 Å². The molecule has 6 heteroatoms. The number of hydrogen-bond acceptors (Lipinski definition) is 4. The first-order valence-corrected chi connectivity index (χ1v) is 9.15. The molecule has 0 saturated carbocycles. The van der Waals surface area contributed by atoms with E-state index in [4.69, 9.17) is 4.42 Å². The van der Waals surface area contributed by atoms with Gasteiger partial charge in [0.1, 0.15) is 11.9 Å². The fourth-order valence-electron chi connectivity index (χ4n) is 2.73. The van der Waals surface area contributed by atoms with Gasteiger partial charge in [-0.3, -0.25) is 0 Å². The minimum absolute atomic E-state index is 0.297. The molecule has 4 rings (SSSR count). The fourth-order valence-corrected chi connectivity index (χ4v) is 3.12. The maximum absolute atomic E-state index is 13.4. The van der Waals surface area contributed by atoms with Gasteiger partial charge in [0.2, 0.25) is 11.8 Å². The van der Waals surface area contributed by atoms with E-state index >= 15 is 0 Å². The van der Waals surface area contributed by atoms with Crippen LogP contribution in [0.2, 0.25) is 0 Å². The topological polar surface area (TPSA) is 51.0 Å². The molecule has 1 heterocycles. The maximum atomic E-state index is 13.4. The van der Waals surface area contributed by atoms with Crippen LogP contribution in [0.5, 0.6) is 0 Å². The fraction of sp³-hybridized carbons (Fsp3) is 0.0476. The number of halogens is 2. The molecular weight excluding hydrogens is 409 g/mol. The zero-order valence-corrected chi connectivity index (χ0v) is 15.7. The van der Waals surface area contributed by atoms with E-state index in [9.17, 15) is 4.39 Å². The minimum Gasteiger partial charge on any atom is -0.418 e. The molecule has 1 atom stereocenters. The van der Waals surface area contributed by atoms with Crippen LogP contribution in [-0.4, -0.2) is 10.2 Å². The van der Waals surface area contributed by atoms with Gasteiger partial charge in [0.05, 0.1) is 0 Å². The van der Waals surface area contributed by atoms with E-state index in [0.717, 1.165) is 21.3 Å². The third kappa shape index (κ3) is 3.90. The zero-order chi connectivity index (χ0) is 18.6. The Kier molecular flexibility index (Phi) is 4.98.